The van der Waals surface area contributed by atoms with Crippen LogP contribution in [-0.4, -0.2) is 96.4 Å². The molecular formula is C19H31N3O4S. The summed E-state index contributed by atoms with van der Waals surface area (Å²) in [6.07, 6.45) is 6.55. The van der Waals surface area contributed by atoms with Gasteiger partial charge in [0.1, 0.15) is 0 Å². The molecule has 8 heteroatoms. The van der Waals surface area contributed by atoms with E-state index in [0.29, 0.717) is 44.3 Å². The van der Waals surface area contributed by atoms with E-state index in [1.54, 1.807) is 4.90 Å². The molecule has 3 rings (SSSR count). The molecule has 7 nitrogen and oxygen atoms in total. The summed E-state index contributed by atoms with van der Waals surface area (Å²) >= 11 is 1.48. The molecule has 0 spiro atoms. The third-order valence-electron chi connectivity index (χ3n) is 5.44. The van der Waals surface area contributed by atoms with Crippen molar-refractivity contribution in [3.8, 4) is 0 Å². The van der Waals surface area contributed by atoms with Crippen molar-refractivity contribution in [2.24, 2.45) is 5.92 Å². The van der Waals surface area contributed by atoms with Crippen LogP contribution in [0.3, 0.4) is 0 Å². The van der Waals surface area contributed by atoms with E-state index < -0.39 is 0 Å². The Morgan fingerprint density at radius 1 is 1.15 bits per heavy atom. The first kappa shape index (κ1) is 20.5. The maximum Gasteiger partial charge on any atom is 0.242 e. The van der Waals surface area contributed by atoms with Crippen LogP contribution in [0.2, 0.25) is 0 Å². The van der Waals surface area contributed by atoms with Crippen molar-refractivity contribution < 1.29 is 19.1 Å². The summed E-state index contributed by atoms with van der Waals surface area (Å²) in [6.45, 7) is 4.00. The third kappa shape index (κ3) is 6.10. The highest BCUT2D eigenvalue weighted by molar-refractivity contribution is 7.99. The molecule has 1 saturated carbocycles. The lowest BCUT2D eigenvalue weighted by atomic mass is 10.3. The van der Waals surface area contributed by atoms with Crippen LogP contribution in [0.25, 0.3) is 0 Å². The summed E-state index contributed by atoms with van der Waals surface area (Å²) in [6, 6.07) is 0. The van der Waals surface area contributed by atoms with Gasteiger partial charge in [0.05, 0.1) is 18.4 Å². The number of ether oxygens (including phenoxy) is 1. The quantitative estimate of drug-likeness (QED) is 0.576. The number of thioether (sulfide) groups is 1. The van der Waals surface area contributed by atoms with Crippen molar-refractivity contribution in [3.63, 3.8) is 0 Å². The standard InChI is InChI=1S/C19H31N3O4S/c1-27-14-19(25)22-11-16(26-13-15-5-6-15)10-21(18(24)12-22)9-3-8-20-7-2-4-17(20)23/h15-16H,2-14H2,1H3/t16-/m1/s1. The second kappa shape index (κ2) is 9.78. The molecule has 0 aromatic carbocycles. The largest absolute Gasteiger partial charge is 0.374 e. The number of likely N-dealkylation sites (tertiary alicyclic amines) is 1. The van der Waals surface area contributed by atoms with Gasteiger partial charge in [-0.25, -0.2) is 0 Å². The van der Waals surface area contributed by atoms with Gasteiger partial charge in [-0.1, -0.05) is 0 Å². The fourth-order valence-electron chi connectivity index (χ4n) is 3.65. The smallest absolute Gasteiger partial charge is 0.242 e. The minimum absolute atomic E-state index is 0.000357. The minimum atomic E-state index is -0.128. The van der Waals surface area contributed by atoms with Gasteiger partial charge in [-0.3, -0.25) is 14.4 Å². The number of rotatable bonds is 9. The van der Waals surface area contributed by atoms with Crippen LogP contribution in [0.5, 0.6) is 0 Å². The Morgan fingerprint density at radius 3 is 2.59 bits per heavy atom. The molecule has 27 heavy (non-hydrogen) atoms. The Bertz CT molecular complexity index is 555. The maximum atomic E-state index is 12.7. The average Bonchev–Trinajstić information content (AvgIpc) is 3.40. The molecule has 1 aliphatic carbocycles. The fraction of sp³-hybridized carbons (Fsp3) is 0.842. The van der Waals surface area contributed by atoms with Crippen molar-refractivity contribution in [2.75, 3.05) is 57.9 Å². The predicted octanol–water partition coefficient (Wildman–Crippen LogP) is 0.828. The van der Waals surface area contributed by atoms with E-state index in [4.69, 9.17) is 4.74 Å². The molecule has 0 unspecified atom stereocenters. The molecule has 2 aliphatic heterocycles. The van der Waals surface area contributed by atoms with Crippen LogP contribution in [-0.2, 0) is 19.1 Å². The molecule has 2 heterocycles. The number of carbonyl (C=O) groups excluding carboxylic acids is 3. The van der Waals surface area contributed by atoms with E-state index in [1.807, 2.05) is 16.1 Å². The molecule has 0 radical (unpaired) electrons. The van der Waals surface area contributed by atoms with E-state index in [2.05, 4.69) is 0 Å². The molecule has 3 fully saturated rings. The monoisotopic (exact) mass is 397 g/mol. The highest BCUT2D eigenvalue weighted by Gasteiger charge is 2.32. The van der Waals surface area contributed by atoms with Gasteiger partial charge in [0.2, 0.25) is 17.7 Å². The predicted molar refractivity (Wildman–Crippen MR) is 104 cm³/mol. The molecule has 3 aliphatic rings. The number of carbonyl (C=O) groups is 3. The lowest BCUT2D eigenvalue weighted by Crippen LogP contribution is -2.41. The van der Waals surface area contributed by atoms with Crippen molar-refractivity contribution in [2.45, 2.75) is 38.2 Å². The van der Waals surface area contributed by atoms with Crippen LogP contribution in [0, 0.1) is 5.92 Å². The summed E-state index contributed by atoms with van der Waals surface area (Å²) in [5.74, 6) is 1.24. The van der Waals surface area contributed by atoms with Crippen LogP contribution in [0.4, 0.5) is 0 Å². The zero-order valence-corrected chi connectivity index (χ0v) is 17.0. The van der Waals surface area contributed by atoms with Crippen molar-refractivity contribution in [3.05, 3.63) is 0 Å². The van der Waals surface area contributed by atoms with Gasteiger partial charge in [0.15, 0.2) is 0 Å². The maximum absolute atomic E-state index is 12.7. The van der Waals surface area contributed by atoms with E-state index in [-0.39, 0.29) is 30.4 Å². The second-order valence-corrected chi connectivity index (χ2v) is 8.65. The highest BCUT2D eigenvalue weighted by atomic mass is 32.2. The van der Waals surface area contributed by atoms with Gasteiger partial charge < -0.3 is 19.4 Å². The number of hydrogen-bond acceptors (Lipinski definition) is 5. The number of amides is 3. The Morgan fingerprint density at radius 2 is 1.93 bits per heavy atom. The molecule has 3 amide bonds. The van der Waals surface area contributed by atoms with Crippen LogP contribution >= 0.6 is 11.8 Å². The van der Waals surface area contributed by atoms with Gasteiger partial charge in [0.25, 0.3) is 0 Å². The molecule has 0 aromatic heterocycles. The summed E-state index contributed by atoms with van der Waals surface area (Å²) in [5.41, 5.74) is 0. The van der Waals surface area contributed by atoms with Crippen molar-refractivity contribution >= 4 is 29.5 Å². The Hall–Kier alpha value is -1.28. The SMILES string of the molecule is CSCC(=O)N1CC(=O)N(CCCN2CCCC2=O)C[C@@H](OCC2CC2)C1. The first-order valence-corrected chi connectivity index (χ1v) is 11.4. The topological polar surface area (TPSA) is 70.2 Å². The summed E-state index contributed by atoms with van der Waals surface area (Å²) in [7, 11) is 0. The molecule has 0 bridgehead atoms. The van der Waals surface area contributed by atoms with Crippen LogP contribution < -0.4 is 0 Å². The lowest BCUT2D eigenvalue weighted by Gasteiger charge is -2.25. The van der Waals surface area contributed by atoms with Gasteiger partial charge >= 0.3 is 0 Å². The number of hydrogen-bond donors (Lipinski definition) is 0. The van der Waals surface area contributed by atoms with E-state index >= 15 is 0 Å². The van der Waals surface area contributed by atoms with Gasteiger partial charge in [-0.05, 0) is 37.9 Å². The number of nitrogens with zero attached hydrogens (tertiary/aromatic N) is 3. The van der Waals surface area contributed by atoms with Crippen LogP contribution in [0.1, 0.15) is 32.1 Å². The first-order chi connectivity index (χ1) is 13.1. The van der Waals surface area contributed by atoms with Gasteiger partial charge in [-0.15, -0.1) is 0 Å². The lowest BCUT2D eigenvalue weighted by molar-refractivity contribution is -0.137. The average molecular weight is 398 g/mol. The first-order valence-electron chi connectivity index (χ1n) is 10.0. The van der Waals surface area contributed by atoms with Gasteiger partial charge in [-0.2, -0.15) is 11.8 Å². The Labute approximate surface area is 165 Å². The highest BCUT2D eigenvalue weighted by Crippen LogP contribution is 2.29. The van der Waals surface area contributed by atoms with E-state index in [9.17, 15) is 14.4 Å². The molecule has 0 N–H and O–H groups in total. The van der Waals surface area contributed by atoms with Gasteiger partial charge in [0, 0.05) is 45.8 Å². The minimum Gasteiger partial charge on any atom is -0.374 e. The Balaban J connectivity index is 1.55. The molecule has 1 atom stereocenters. The zero-order chi connectivity index (χ0) is 19.2. The summed E-state index contributed by atoms with van der Waals surface area (Å²) < 4.78 is 6.06. The molecule has 152 valence electrons. The molecule has 0 aromatic rings. The normalized spacial score (nSPS) is 23.9. The summed E-state index contributed by atoms with van der Waals surface area (Å²) in [5, 5.41) is 0. The van der Waals surface area contributed by atoms with Crippen molar-refractivity contribution in [1.29, 1.82) is 0 Å². The van der Waals surface area contributed by atoms with Crippen molar-refractivity contribution in [1.82, 2.24) is 14.7 Å². The van der Waals surface area contributed by atoms with Crippen LogP contribution in [0.15, 0.2) is 0 Å². The zero-order valence-electron chi connectivity index (χ0n) is 16.2. The third-order valence-corrected chi connectivity index (χ3v) is 5.98. The molecular weight excluding hydrogens is 366 g/mol. The second-order valence-electron chi connectivity index (χ2n) is 7.78. The van der Waals surface area contributed by atoms with E-state index in [1.165, 1.54) is 24.6 Å². The fourth-order valence-corrected chi connectivity index (χ4v) is 4.08. The summed E-state index contributed by atoms with van der Waals surface area (Å²) in [4.78, 5) is 42.2. The molecule has 2 saturated heterocycles. The Kier molecular flexibility index (Phi) is 7.41. The van der Waals surface area contributed by atoms with E-state index in [0.717, 1.165) is 26.0 Å².